The quantitative estimate of drug-likeness (QED) is 0.741. The molecule has 7 heteroatoms. The highest BCUT2D eigenvalue weighted by molar-refractivity contribution is 7.89. The van der Waals surface area contributed by atoms with Gasteiger partial charge in [-0.1, -0.05) is 23.8 Å². The molecule has 0 fully saturated rings. The third kappa shape index (κ3) is 5.12. The van der Waals surface area contributed by atoms with Crippen LogP contribution in [0, 0.1) is 13.8 Å². The molecule has 0 saturated heterocycles. The van der Waals surface area contributed by atoms with Crippen LogP contribution in [0.1, 0.15) is 21.5 Å². The van der Waals surface area contributed by atoms with Gasteiger partial charge in [0.25, 0.3) is 5.91 Å². The lowest BCUT2D eigenvalue weighted by Gasteiger charge is -2.11. The van der Waals surface area contributed by atoms with Crippen LogP contribution in [0.5, 0.6) is 0 Å². The minimum absolute atomic E-state index is 0.0388. The average molecular weight is 362 g/mol. The molecule has 0 saturated carbocycles. The second-order valence-electron chi connectivity index (χ2n) is 5.69. The molecule has 0 aliphatic rings. The highest BCUT2D eigenvalue weighted by Crippen LogP contribution is 2.18. The maximum atomic E-state index is 12.4. The first-order chi connectivity index (χ1) is 11.8. The summed E-state index contributed by atoms with van der Waals surface area (Å²) in [6, 6.07) is 11.6. The highest BCUT2D eigenvalue weighted by atomic mass is 32.2. The maximum absolute atomic E-state index is 12.4. The normalized spacial score (nSPS) is 11.3. The lowest BCUT2D eigenvalue weighted by Crippen LogP contribution is -2.27. The Labute approximate surface area is 148 Å². The van der Waals surface area contributed by atoms with Gasteiger partial charge >= 0.3 is 0 Å². The van der Waals surface area contributed by atoms with Gasteiger partial charge < -0.3 is 10.1 Å². The van der Waals surface area contributed by atoms with E-state index in [-0.39, 0.29) is 29.5 Å². The van der Waals surface area contributed by atoms with Crippen molar-refractivity contribution in [3.05, 3.63) is 59.2 Å². The van der Waals surface area contributed by atoms with E-state index in [4.69, 9.17) is 4.74 Å². The van der Waals surface area contributed by atoms with Crippen molar-refractivity contribution < 1.29 is 17.9 Å². The summed E-state index contributed by atoms with van der Waals surface area (Å²) in [5.74, 6) is -0.360. The highest BCUT2D eigenvalue weighted by Gasteiger charge is 2.16. The van der Waals surface area contributed by atoms with Crippen LogP contribution < -0.4 is 10.0 Å². The smallest absolute Gasteiger partial charge is 0.255 e. The van der Waals surface area contributed by atoms with Crippen LogP contribution in [0.4, 0.5) is 5.69 Å². The molecule has 0 aliphatic heterocycles. The third-order valence-electron chi connectivity index (χ3n) is 3.63. The summed E-state index contributed by atoms with van der Waals surface area (Å²) >= 11 is 0. The van der Waals surface area contributed by atoms with E-state index < -0.39 is 10.0 Å². The van der Waals surface area contributed by atoms with Gasteiger partial charge in [0.15, 0.2) is 0 Å². The number of methoxy groups -OCH3 is 1. The van der Waals surface area contributed by atoms with Crippen molar-refractivity contribution in [3.63, 3.8) is 0 Å². The molecule has 1 amide bonds. The van der Waals surface area contributed by atoms with Gasteiger partial charge in [-0.3, -0.25) is 4.79 Å². The lowest BCUT2D eigenvalue weighted by atomic mass is 10.1. The standard InChI is InChI=1S/C18H22N2O4S/c1-13-7-8-17(14(2)11-13)20-18(21)15-5-4-6-16(12-15)25(22,23)19-9-10-24-3/h4-8,11-12,19H,9-10H2,1-3H3,(H,20,21). The molecule has 2 N–H and O–H groups in total. The van der Waals surface area contributed by atoms with Gasteiger partial charge in [0.1, 0.15) is 0 Å². The Kier molecular flexibility index (Phi) is 6.30. The molecule has 0 unspecified atom stereocenters. The van der Waals surface area contributed by atoms with Gasteiger partial charge in [0.2, 0.25) is 10.0 Å². The predicted octanol–water partition coefficient (Wildman–Crippen LogP) is 2.48. The fraction of sp³-hybridized carbons (Fsp3) is 0.278. The summed E-state index contributed by atoms with van der Waals surface area (Å²) < 4.78 is 31.7. The zero-order chi connectivity index (χ0) is 18.4. The van der Waals surface area contributed by atoms with Gasteiger partial charge in [-0.25, -0.2) is 13.1 Å². The van der Waals surface area contributed by atoms with E-state index in [0.717, 1.165) is 11.1 Å². The summed E-state index contributed by atoms with van der Waals surface area (Å²) in [6.07, 6.45) is 0. The van der Waals surface area contributed by atoms with Crippen molar-refractivity contribution in [2.45, 2.75) is 18.7 Å². The molecule has 0 aliphatic carbocycles. The molecule has 25 heavy (non-hydrogen) atoms. The Morgan fingerprint density at radius 1 is 1.12 bits per heavy atom. The molecule has 2 aromatic rings. The molecule has 134 valence electrons. The van der Waals surface area contributed by atoms with Crippen molar-refractivity contribution in [2.75, 3.05) is 25.6 Å². The van der Waals surface area contributed by atoms with Crippen LogP contribution in [0.2, 0.25) is 0 Å². The van der Waals surface area contributed by atoms with Crippen LogP contribution >= 0.6 is 0 Å². The summed E-state index contributed by atoms with van der Waals surface area (Å²) in [6.45, 7) is 4.32. The monoisotopic (exact) mass is 362 g/mol. The van der Waals surface area contributed by atoms with Crippen molar-refractivity contribution in [1.29, 1.82) is 0 Å². The van der Waals surface area contributed by atoms with E-state index in [0.29, 0.717) is 5.69 Å². The first kappa shape index (κ1) is 19.1. The molecule has 0 heterocycles. The summed E-state index contributed by atoms with van der Waals surface area (Å²) in [5, 5.41) is 2.81. The predicted molar refractivity (Wildman–Crippen MR) is 97.4 cm³/mol. The van der Waals surface area contributed by atoms with E-state index in [9.17, 15) is 13.2 Å². The van der Waals surface area contributed by atoms with Crippen LogP contribution in [0.3, 0.4) is 0 Å². The number of amides is 1. The number of hydrogen-bond acceptors (Lipinski definition) is 4. The first-order valence-corrected chi connectivity index (χ1v) is 9.29. The number of aryl methyl sites for hydroxylation is 2. The second kappa shape index (κ2) is 8.24. The van der Waals surface area contributed by atoms with E-state index in [2.05, 4.69) is 10.0 Å². The zero-order valence-corrected chi connectivity index (χ0v) is 15.3. The van der Waals surface area contributed by atoms with Crippen LogP contribution in [-0.4, -0.2) is 34.6 Å². The Morgan fingerprint density at radius 2 is 1.88 bits per heavy atom. The van der Waals surface area contributed by atoms with Gasteiger partial charge in [0, 0.05) is 24.9 Å². The molecule has 0 bridgehead atoms. The van der Waals surface area contributed by atoms with Gasteiger partial charge in [-0.15, -0.1) is 0 Å². The fourth-order valence-corrected chi connectivity index (χ4v) is 3.37. The number of nitrogens with one attached hydrogen (secondary N) is 2. The minimum atomic E-state index is -3.69. The first-order valence-electron chi connectivity index (χ1n) is 7.81. The number of rotatable bonds is 7. The average Bonchev–Trinajstić information content (AvgIpc) is 2.57. The molecule has 2 aromatic carbocycles. The van der Waals surface area contributed by atoms with Gasteiger partial charge in [-0.2, -0.15) is 0 Å². The number of benzene rings is 2. The number of carbonyl (C=O) groups is 1. The molecule has 0 radical (unpaired) electrons. The molecular weight excluding hydrogens is 340 g/mol. The Bertz CT molecular complexity index is 863. The Morgan fingerprint density at radius 3 is 2.56 bits per heavy atom. The number of sulfonamides is 1. The van der Waals surface area contributed by atoms with Crippen molar-refractivity contribution >= 4 is 21.6 Å². The van der Waals surface area contributed by atoms with Crippen LogP contribution in [-0.2, 0) is 14.8 Å². The summed E-state index contributed by atoms with van der Waals surface area (Å²) in [7, 11) is -2.19. The van der Waals surface area contributed by atoms with Crippen LogP contribution in [0.15, 0.2) is 47.4 Å². The van der Waals surface area contributed by atoms with Gasteiger partial charge in [0.05, 0.1) is 11.5 Å². The fourth-order valence-electron chi connectivity index (χ4n) is 2.31. The largest absolute Gasteiger partial charge is 0.383 e. The molecule has 0 aromatic heterocycles. The van der Waals surface area contributed by atoms with Crippen molar-refractivity contribution in [1.82, 2.24) is 4.72 Å². The van der Waals surface area contributed by atoms with E-state index in [1.807, 2.05) is 32.0 Å². The minimum Gasteiger partial charge on any atom is -0.383 e. The molecule has 2 rings (SSSR count). The van der Waals surface area contributed by atoms with Crippen molar-refractivity contribution in [2.24, 2.45) is 0 Å². The number of carbonyl (C=O) groups excluding carboxylic acids is 1. The van der Waals surface area contributed by atoms with Crippen molar-refractivity contribution in [3.8, 4) is 0 Å². The zero-order valence-electron chi connectivity index (χ0n) is 14.5. The third-order valence-corrected chi connectivity index (χ3v) is 5.09. The second-order valence-corrected chi connectivity index (χ2v) is 7.46. The SMILES string of the molecule is COCCNS(=O)(=O)c1cccc(C(=O)Nc2ccc(C)cc2C)c1. The molecular formula is C18H22N2O4S. The maximum Gasteiger partial charge on any atom is 0.255 e. The molecule has 6 nitrogen and oxygen atoms in total. The summed E-state index contributed by atoms with van der Waals surface area (Å²) in [4.78, 5) is 12.5. The van der Waals surface area contributed by atoms with E-state index in [1.165, 1.54) is 19.2 Å². The van der Waals surface area contributed by atoms with Crippen LogP contribution in [0.25, 0.3) is 0 Å². The van der Waals surface area contributed by atoms with Gasteiger partial charge in [-0.05, 0) is 43.7 Å². The Balaban J connectivity index is 2.18. The van der Waals surface area contributed by atoms with E-state index in [1.54, 1.807) is 12.1 Å². The lowest BCUT2D eigenvalue weighted by molar-refractivity contribution is 0.102. The summed E-state index contributed by atoms with van der Waals surface area (Å²) in [5.41, 5.74) is 3.01. The van der Waals surface area contributed by atoms with E-state index >= 15 is 0 Å². The Hall–Kier alpha value is -2.22. The number of hydrogen-bond donors (Lipinski definition) is 2. The molecule has 0 spiro atoms. The topological polar surface area (TPSA) is 84.5 Å². The number of anilines is 1. The number of ether oxygens (including phenoxy) is 1. The molecule has 0 atom stereocenters.